The van der Waals surface area contributed by atoms with E-state index in [1.807, 2.05) is 0 Å². The minimum absolute atomic E-state index is 0.0614. The van der Waals surface area contributed by atoms with E-state index in [0.717, 1.165) is 50.7 Å². The lowest BCUT2D eigenvalue weighted by molar-refractivity contribution is -0.165. The van der Waals surface area contributed by atoms with E-state index in [1.165, 1.54) is 30.9 Å². The molecule has 0 N–H and O–H groups in total. The molecule has 0 spiro atoms. The summed E-state index contributed by atoms with van der Waals surface area (Å²) in [4.78, 5) is 25.5. The predicted molar refractivity (Wildman–Crippen MR) is 128 cm³/mol. The first kappa shape index (κ1) is 23.2. The molecule has 4 aliphatic carbocycles. The molecule has 0 bridgehead atoms. The summed E-state index contributed by atoms with van der Waals surface area (Å²) in [7, 11) is 0. The molecule has 0 aromatic carbocycles. The van der Waals surface area contributed by atoms with E-state index >= 15 is 0 Å². The van der Waals surface area contributed by atoms with Crippen molar-refractivity contribution in [3.05, 3.63) is 23.5 Å². The Morgan fingerprint density at radius 2 is 1.91 bits per heavy atom. The molecule has 182 valence electrons. The van der Waals surface area contributed by atoms with Crippen molar-refractivity contribution < 1.29 is 19.1 Å². The Kier molecular flexibility index (Phi) is 5.61. The van der Waals surface area contributed by atoms with Crippen molar-refractivity contribution in [2.45, 2.75) is 105 Å². The van der Waals surface area contributed by atoms with E-state index < -0.39 is 0 Å². The van der Waals surface area contributed by atoms with Crippen LogP contribution in [0, 0.1) is 40.4 Å². The van der Waals surface area contributed by atoms with Gasteiger partial charge in [-0.05, 0) is 93.5 Å². The molecule has 0 unspecified atom stereocenters. The minimum atomic E-state index is -0.279. The molecule has 0 aromatic rings. The van der Waals surface area contributed by atoms with Crippen LogP contribution in [0.3, 0.4) is 0 Å². The first-order chi connectivity index (χ1) is 15.6. The number of carbonyl (C=O) groups excluding carboxylic acids is 2. The Morgan fingerprint density at radius 1 is 1.15 bits per heavy atom. The molecular formula is C29H42O4. The average Bonchev–Trinajstić information content (AvgIpc) is 3.22. The zero-order valence-corrected chi connectivity index (χ0v) is 21.2. The van der Waals surface area contributed by atoms with Crippen molar-refractivity contribution in [2.24, 2.45) is 40.4 Å². The van der Waals surface area contributed by atoms with Gasteiger partial charge in [-0.1, -0.05) is 19.4 Å². The molecule has 0 saturated heterocycles. The van der Waals surface area contributed by atoms with Crippen molar-refractivity contribution in [2.75, 3.05) is 0 Å². The van der Waals surface area contributed by atoms with Gasteiger partial charge in [-0.25, -0.2) is 0 Å². The molecule has 5 aliphatic rings. The van der Waals surface area contributed by atoms with Gasteiger partial charge in [0.15, 0.2) is 0 Å². The van der Waals surface area contributed by atoms with Gasteiger partial charge in [0, 0.05) is 31.1 Å². The summed E-state index contributed by atoms with van der Waals surface area (Å²) in [5.74, 6) is 3.76. The second-order valence-electron chi connectivity index (χ2n) is 12.5. The lowest BCUT2D eigenvalue weighted by Gasteiger charge is -2.60. The van der Waals surface area contributed by atoms with E-state index in [9.17, 15) is 9.59 Å². The number of hydrogen-bond donors (Lipinski definition) is 0. The molecule has 4 nitrogen and oxygen atoms in total. The maximum Gasteiger partial charge on any atom is 0.302 e. The fourth-order valence-corrected chi connectivity index (χ4v) is 9.15. The number of carbonyl (C=O) groups is 2. The van der Waals surface area contributed by atoms with Gasteiger partial charge in [-0.2, -0.15) is 0 Å². The van der Waals surface area contributed by atoms with Crippen LogP contribution in [0.2, 0.25) is 0 Å². The van der Waals surface area contributed by atoms with Crippen LogP contribution >= 0.6 is 0 Å². The number of ether oxygens (including phenoxy) is 2. The summed E-state index contributed by atoms with van der Waals surface area (Å²) in [5, 5.41) is 0. The molecule has 1 heterocycles. The Hall–Kier alpha value is -1.58. The molecule has 0 aromatic heterocycles. The summed E-state index contributed by atoms with van der Waals surface area (Å²) >= 11 is 0. The fourth-order valence-electron chi connectivity index (χ4n) is 9.15. The highest BCUT2D eigenvalue weighted by atomic mass is 16.5. The van der Waals surface area contributed by atoms with Gasteiger partial charge in [-0.3, -0.25) is 9.59 Å². The van der Waals surface area contributed by atoms with Crippen molar-refractivity contribution >= 4 is 11.8 Å². The number of hydrogen-bond acceptors (Lipinski definition) is 4. The van der Waals surface area contributed by atoms with Crippen LogP contribution in [0.5, 0.6) is 0 Å². The molecule has 0 amide bonds. The van der Waals surface area contributed by atoms with Crippen molar-refractivity contribution in [3.8, 4) is 0 Å². The van der Waals surface area contributed by atoms with Gasteiger partial charge >= 0.3 is 5.97 Å². The third-order valence-corrected chi connectivity index (χ3v) is 10.8. The van der Waals surface area contributed by atoms with E-state index in [4.69, 9.17) is 9.47 Å². The monoisotopic (exact) mass is 454 g/mol. The number of esters is 1. The number of allylic oxidation sites excluding steroid dienone is 2. The Bertz CT molecular complexity index is 901. The molecule has 5 rings (SSSR count). The number of Topliss-reactive ketones (excluding diaryl/α,β-unsaturated/α-hetero) is 1. The molecule has 33 heavy (non-hydrogen) atoms. The zero-order valence-electron chi connectivity index (χ0n) is 21.2. The fraction of sp³-hybridized carbons (Fsp3) is 0.793. The highest BCUT2D eigenvalue weighted by molar-refractivity contribution is 5.87. The van der Waals surface area contributed by atoms with Crippen molar-refractivity contribution in [1.82, 2.24) is 0 Å². The quantitative estimate of drug-likeness (QED) is 0.364. The topological polar surface area (TPSA) is 52.6 Å². The second kappa shape index (κ2) is 7.99. The normalized spacial score (nSPS) is 46.1. The van der Waals surface area contributed by atoms with Gasteiger partial charge in [0.2, 0.25) is 0 Å². The first-order valence-electron chi connectivity index (χ1n) is 13.3. The van der Waals surface area contributed by atoms with Gasteiger partial charge < -0.3 is 9.47 Å². The molecule has 9 atom stereocenters. The van der Waals surface area contributed by atoms with Crippen LogP contribution in [0.1, 0.15) is 92.4 Å². The van der Waals surface area contributed by atoms with Crippen molar-refractivity contribution in [1.29, 1.82) is 0 Å². The Labute approximate surface area is 199 Å². The highest BCUT2D eigenvalue weighted by Gasteiger charge is 2.67. The van der Waals surface area contributed by atoms with E-state index in [2.05, 4.69) is 34.3 Å². The summed E-state index contributed by atoms with van der Waals surface area (Å²) < 4.78 is 12.2. The molecule has 4 saturated carbocycles. The standard InChI is InChI=1S/C29H42O4/c1-16(2)7-10-24-17(3)27-25(33-24)14-23-21-9-8-19-13-20(32-18(4)30)11-12-28(19,5)22(21)15-26(31)29(23,27)6/h19-23,25,27H,1,7-15H2,2-6H3/t19-,20-,21+,22-,23-,25-,27-,28-,29+/m0/s1. The number of fused-ring (bicyclic) bond motifs is 7. The second-order valence-corrected chi connectivity index (χ2v) is 12.5. The van der Waals surface area contributed by atoms with Crippen LogP contribution < -0.4 is 0 Å². The van der Waals surface area contributed by atoms with Crippen LogP contribution in [0.4, 0.5) is 0 Å². The predicted octanol–water partition coefficient (Wildman–Crippen LogP) is 6.40. The van der Waals surface area contributed by atoms with E-state index in [0.29, 0.717) is 29.5 Å². The van der Waals surface area contributed by atoms with Gasteiger partial charge in [-0.15, -0.1) is 6.58 Å². The van der Waals surface area contributed by atoms with Gasteiger partial charge in [0.05, 0.1) is 5.76 Å². The lowest BCUT2D eigenvalue weighted by atomic mass is 9.44. The lowest BCUT2D eigenvalue weighted by Crippen LogP contribution is -2.57. The average molecular weight is 455 g/mol. The van der Waals surface area contributed by atoms with Gasteiger partial charge in [0.1, 0.15) is 18.0 Å². The molecule has 4 heteroatoms. The maximum absolute atomic E-state index is 14.0. The summed E-state index contributed by atoms with van der Waals surface area (Å²) in [6, 6.07) is 0. The van der Waals surface area contributed by atoms with E-state index in [-0.39, 0.29) is 34.9 Å². The van der Waals surface area contributed by atoms with Crippen LogP contribution in [-0.4, -0.2) is 24.0 Å². The summed E-state index contributed by atoms with van der Waals surface area (Å²) in [6.45, 7) is 14.6. The first-order valence-corrected chi connectivity index (χ1v) is 13.3. The van der Waals surface area contributed by atoms with E-state index in [1.54, 1.807) is 0 Å². The molecule has 1 aliphatic heterocycles. The van der Waals surface area contributed by atoms with Crippen LogP contribution in [0.15, 0.2) is 23.5 Å². The SMILES string of the molecule is C=C(C)CCC1=C(C)[C@H]2[C@H](C[C@H]3[C@@H]4CC[C@H]5C[C@@H](OC(C)=O)CC[C@]5(C)[C@H]4CC(=O)[C@@]32C)O1. The van der Waals surface area contributed by atoms with Crippen LogP contribution in [-0.2, 0) is 19.1 Å². The zero-order chi connectivity index (χ0) is 23.7. The largest absolute Gasteiger partial charge is 0.494 e. The Morgan fingerprint density at radius 3 is 2.61 bits per heavy atom. The molecule has 0 radical (unpaired) electrons. The van der Waals surface area contributed by atoms with Crippen molar-refractivity contribution in [3.63, 3.8) is 0 Å². The maximum atomic E-state index is 14.0. The summed E-state index contributed by atoms with van der Waals surface area (Å²) in [5.41, 5.74) is 2.43. The minimum Gasteiger partial charge on any atom is -0.494 e. The van der Waals surface area contributed by atoms with Gasteiger partial charge in [0.25, 0.3) is 0 Å². The third-order valence-electron chi connectivity index (χ3n) is 10.8. The van der Waals surface area contributed by atoms with Crippen LogP contribution in [0.25, 0.3) is 0 Å². The third kappa shape index (κ3) is 3.45. The smallest absolute Gasteiger partial charge is 0.302 e. The summed E-state index contributed by atoms with van der Waals surface area (Å²) in [6.07, 6.45) is 9.24. The highest BCUT2D eigenvalue weighted by Crippen LogP contribution is 2.68. The molecule has 4 fully saturated rings. The Balaban J connectivity index is 1.39. The number of ketones is 1. The number of rotatable bonds is 4. The molecular weight excluding hydrogens is 412 g/mol.